The molecule has 0 aliphatic carbocycles. The third kappa shape index (κ3) is 5.42. The Morgan fingerprint density at radius 3 is 2.63 bits per heavy atom. The van der Waals surface area contributed by atoms with Gasteiger partial charge in [0.15, 0.2) is 0 Å². The molecule has 0 bridgehead atoms. The van der Waals surface area contributed by atoms with Gasteiger partial charge in [-0.3, -0.25) is 4.90 Å². The Kier molecular flexibility index (Phi) is 6.82. The largest absolute Gasteiger partial charge is 0.508 e. The first-order valence-electron chi connectivity index (χ1n) is 10.1. The highest BCUT2D eigenvalue weighted by Gasteiger charge is 2.28. The number of phenols is 1. The van der Waals surface area contributed by atoms with Crippen LogP contribution in [0.5, 0.6) is 5.75 Å². The molecular weight excluding hydrogens is 378 g/mol. The van der Waals surface area contributed by atoms with Crippen LogP contribution in [0.3, 0.4) is 0 Å². The molecule has 0 aromatic heterocycles. The lowest BCUT2D eigenvalue weighted by Gasteiger charge is -2.33. The van der Waals surface area contributed by atoms with E-state index >= 15 is 0 Å². The summed E-state index contributed by atoms with van der Waals surface area (Å²) in [4.78, 5) is 2.15. The highest BCUT2D eigenvalue weighted by atomic mass is 16.3. The average Bonchev–Trinajstić information content (AvgIpc) is 2.74. The molecule has 0 saturated carbocycles. The predicted octanol–water partition coefficient (Wildman–Crippen LogP) is 2.95. The number of anilines is 1. The molecule has 3 rings (SSSR count). The van der Waals surface area contributed by atoms with Gasteiger partial charge >= 0.3 is 0 Å². The van der Waals surface area contributed by atoms with E-state index in [9.17, 15) is 15.3 Å². The maximum Gasteiger partial charge on any atom is 0.120 e. The maximum absolute atomic E-state index is 10.5. The summed E-state index contributed by atoms with van der Waals surface area (Å²) in [6.45, 7) is 5.28. The normalized spacial score (nSPS) is 17.3. The van der Waals surface area contributed by atoms with Crippen molar-refractivity contribution in [1.29, 1.82) is 0 Å². The third-order valence-corrected chi connectivity index (χ3v) is 5.49. The second kappa shape index (κ2) is 9.34. The molecule has 0 spiro atoms. The highest BCUT2D eigenvalue weighted by Crippen LogP contribution is 2.27. The van der Waals surface area contributed by atoms with Gasteiger partial charge < -0.3 is 26.4 Å². The number of nitrogens with zero attached hydrogens (tertiary/aromatic N) is 1. The standard InChI is InChI=1S/C24H31N3O3/c1-17-5-9-21(10-6-17)26-13-22(25)18-7-8-19(23(29)12-18)14-27-11-3-4-20(15-27)24(2,30)16-28/h4-10,12-13,26,28-30H,3,11,14-16,25H2,1-2H3/b22-13-/t24-/m1/s1. The molecule has 1 heterocycles. The number of hydrogen-bond acceptors (Lipinski definition) is 6. The lowest BCUT2D eigenvalue weighted by molar-refractivity contribution is 0.0247. The molecule has 6 N–H and O–H groups in total. The molecule has 2 aromatic rings. The van der Waals surface area contributed by atoms with Crippen molar-refractivity contribution >= 4 is 11.4 Å². The Hall–Kier alpha value is -2.80. The van der Waals surface area contributed by atoms with Gasteiger partial charge in [-0.2, -0.15) is 0 Å². The van der Waals surface area contributed by atoms with Crippen LogP contribution in [0, 0.1) is 6.92 Å². The Morgan fingerprint density at radius 2 is 1.97 bits per heavy atom. The zero-order valence-corrected chi connectivity index (χ0v) is 17.6. The molecular formula is C24H31N3O3. The minimum Gasteiger partial charge on any atom is -0.508 e. The van der Waals surface area contributed by atoms with E-state index in [1.54, 1.807) is 19.2 Å². The van der Waals surface area contributed by atoms with E-state index in [1.807, 2.05) is 49.4 Å². The number of hydrogen-bond donors (Lipinski definition) is 5. The Labute approximate surface area is 178 Å². The van der Waals surface area contributed by atoms with Gasteiger partial charge in [-0.15, -0.1) is 0 Å². The number of nitrogens with two attached hydrogens (primary N) is 1. The topological polar surface area (TPSA) is 102 Å². The van der Waals surface area contributed by atoms with E-state index in [0.29, 0.717) is 18.8 Å². The number of phenolic OH excluding ortho intramolecular Hbond substituents is 1. The number of benzene rings is 2. The van der Waals surface area contributed by atoms with Crippen molar-refractivity contribution in [3.8, 4) is 5.75 Å². The first-order chi connectivity index (χ1) is 14.3. The van der Waals surface area contributed by atoms with E-state index in [4.69, 9.17) is 5.73 Å². The average molecular weight is 410 g/mol. The van der Waals surface area contributed by atoms with Gasteiger partial charge in [0.1, 0.15) is 11.4 Å². The predicted molar refractivity (Wildman–Crippen MR) is 121 cm³/mol. The molecule has 6 nitrogen and oxygen atoms in total. The molecule has 0 amide bonds. The number of aliphatic hydroxyl groups is 2. The molecule has 2 aromatic carbocycles. The summed E-state index contributed by atoms with van der Waals surface area (Å²) in [7, 11) is 0. The number of rotatable bonds is 7. The molecule has 160 valence electrons. The molecule has 6 heteroatoms. The van der Waals surface area contributed by atoms with E-state index in [1.165, 1.54) is 5.56 Å². The van der Waals surface area contributed by atoms with Crippen molar-refractivity contribution in [3.05, 3.63) is 77.0 Å². The smallest absolute Gasteiger partial charge is 0.120 e. The first-order valence-corrected chi connectivity index (χ1v) is 10.1. The summed E-state index contributed by atoms with van der Waals surface area (Å²) in [5.41, 5.74) is 9.96. The molecule has 30 heavy (non-hydrogen) atoms. The molecule has 1 aliphatic rings. The van der Waals surface area contributed by atoms with E-state index < -0.39 is 5.60 Å². The van der Waals surface area contributed by atoms with Gasteiger partial charge in [-0.05, 0) is 44.0 Å². The lowest BCUT2D eigenvalue weighted by atomic mass is 9.92. The maximum atomic E-state index is 10.5. The van der Waals surface area contributed by atoms with Crippen LogP contribution >= 0.6 is 0 Å². The summed E-state index contributed by atoms with van der Waals surface area (Å²) in [6, 6.07) is 13.4. The van der Waals surface area contributed by atoms with Crippen molar-refractivity contribution in [2.45, 2.75) is 32.4 Å². The molecule has 0 radical (unpaired) electrons. The van der Waals surface area contributed by atoms with Gasteiger partial charge in [0.2, 0.25) is 0 Å². The lowest BCUT2D eigenvalue weighted by Crippen LogP contribution is -2.40. The van der Waals surface area contributed by atoms with Crippen LogP contribution in [-0.2, 0) is 6.54 Å². The van der Waals surface area contributed by atoms with Crippen molar-refractivity contribution < 1.29 is 15.3 Å². The fourth-order valence-corrected chi connectivity index (χ4v) is 3.44. The number of aliphatic hydroxyl groups excluding tert-OH is 1. The zero-order valence-electron chi connectivity index (χ0n) is 17.6. The van der Waals surface area contributed by atoms with Crippen molar-refractivity contribution in [1.82, 2.24) is 4.90 Å². The van der Waals surface area contributed by atoms with Crippen LogP contribution in [0.4, 0.5) is 5.69 Å². The van der Waals surface area contributed by atoms with Gasteiger partial charge in [0.05, 0.1) is 12.3 Å². The van der Waals surface area contributed by atoms with Crippen LogP contribution in [0.1, 0.15) is 30.0 Å². The summed E-state index contributed by atoms with van der Waals surface area (Å²) in [5.74, 6) is 0.184. The van der Waals surface area contributed by atoms with Crippen LogP contribution < -0.4 is 11.1 Å². The summed E-state index contributed by atoms with van der Waals surface area (Å²) in [5, 5.41) is 33.4. The molecule has 0 unspecified atom stereocenters. The Balaban J connectivity index is 1.65. The van der Waals surface area contributed by atoms with Crippen LogP contribution in [0.15, 0.2) is 60.3 Å². The van der Waals surface area contributed by atoms with Crippen molar-refractivity contribution in [3.63, 3.8) is 0 Å². The Bertz CT molecular complexity index is 933. The monoisotopic (exact) mass is 409 g/mol. The first kappa shape index (κ1) is 21.9. The fourth-order valence-electron chi connectivity index (χ4n) is 3.44. The minimum atomic E-state index is -1.21. The van der Waals surface area contributed by atoms with Crippen molar-refractivity contribution in [2.75, 3.05) is 25.0 Å². The summed E-state index contributed by atoms with van der Waals surface area (Å²) in [6.07, 6.45) is 4.50. The molecule has 1 aliphatic heterocycles. The second-order valence-electron chi connectivity index (χ2n) is 8.11. The molecule has 1 atom stereocenters. The van der Waals surface area contributed by atoms with Gasteiger partial charge in [-0.25, -0.2) is 0 Å². The molecule has 0 saturated heterocycles. The minimum absolute atomic E-state index is 0.184. The van der Waals surface area contributed by atoms with E-state index in [0.717, 1.165) is 35.4 Å². The van der Waals surface area contributed by atoms with Gasteiger partial charge in [0.25, 0.3) is 0 Å². The van der Waals surface area contributed by atoms with E-state index in [-0.39, 0.29) is 12.4 Å². The summed E-state index contributed by atoms with van der Waals surface area (Å²) < 4.78 is 0. The highest BCUT2D eigenvalue weighted by molar-refractivity contribution is 5.67. The number of nitrogens with one attached hydrogen (secondary N) is 1. The number of aromatic hydroxyl groups is 1. The van der Waals surface area contributed by atoms with Gasteiger partial charge in [-0.1, -0.05) is 35.9 Å². The Morgan fingerprint density at radius 1 is 1.23 bits per heavy atom. The fraction of sp³-hybridized carbons (Fsp3) is 0.333. The zero-order chi connectivity index (χ0) is 21.7. The van der Waals surface area contributed by atoms with Gasteiger partial charge in [0, 0.05) is 42.6 Å². The molecule has 0 fully saturated rings. The van der Waals surface area contributed by atoms with Crippen LogP contribution in [0.25, 0.3) is 5.70 Å². The SMILES string of the molecule is Cc1ccc(N/C=C(\N)c2ccc(CN3CCC=C([C@](C)(O)CO)C3)c(O)c2)cc1. The quantitative estimate of drug-likeness (QED) is 0.451. The third-order valence-electron chi connectivity index (χ3n) is 5.49. The van der Waals surface area contributed by atoms with Crippen LogP contribution in [0.2, 0.25) is 0 Å². The van der Waals surface area contributed by atoms with Crippen molar-refractivity contribution in [2.24, 2.45) is 5.73 Å². The van der Waals surface area contributed by atoms with E-state index in [2.05, 4.69) is 10.2 Å². The second-order valence-corrected chi connectivity index (χ2v) is 8.11. The summed E-state index contributed by atoms with van der Waals surface area (Å²) >= 11 is 0. The van der Waals surface area contributed by atoms with Crippen LogP contribution in [-0.4, -0.2) is 45.5 Å². The number of aryl methyl sites for hydroxylation is 1.